The molecule has 1 unspecified atom stereocenters. The zero-order valence-electron chi connectivity index (χ0n) is 18.5. The van der Waals surface area contributed by atoms with Crippen LogP contribution >= 0.6 is 11.6 Å². The lowest BCUT2D eigenvalue weighted by atomic mass is 9.92. The first-order valence-corrected chi connectivity index (χ1v) is 12.7. The van der Waals surface area contributed by atoms with Gasteiger partial charge in [-0.2, -0.15) is 0 Å². The summed E-state index contributed by atoms with van der Waals surface area (Å²) >= 11 is 6.39. The first-order valence-electron chi connectivity index (χ1n) is 10.9. The second kappa shape index (κ2) is 11.0. The number of amides is 3. The van der Waals surface area contributed by atoms with Crippen molar-refractivity contribution in [2.45, 2.75) is 37.0 Å². The molecule has 1 saturated heterocycles. The number of likely N-dealkylation sites (tertiary alicyclic amines) is 1. The predicted molar refractivity (Wildman–Crippen MR) is 129 cm³/mol. The van der Waals surface area contributed by atoms with Gasteiger partial charge in [-0.25, -0.2) is 17.9 Å². The van der Waals surface area contributed by atoms with Crippen LogP contribution in [0.3, 0.4) is 0 Å². The molecule has 1 atom stereocenters. The van der Waals surface area contributed by atoms with Crippen LogP contribution in [0.5, 0.6) is 0 Å². The Morgan fingerprint density at radius 1 is 1.12 bits per heavy atom. The van der Waals surface area contributed by atoms with Gasteiger partial charge in [-0.3, -0.25) is 4.79 Å². The van der Waals surface area contributed by atoms with Crippen LogP contribution in [-0.4, -0.2) is 44.9 Å². The number of carbonyl (C=O) groups excluding carboxylic acids is 2. The van der Waals surface area contributed by atoms with E-state index in [4.69, 9.17) is 17.3 Å². The van der Waals surface area contributed by atoms with Gasteiger partial charge in [0.1, 0.15) is 0 Å². The van der Waals surface area contributed by atoms with Crippen molar-refractivity contribution in [3.05, 3.63) is 59.1 Å². The smallest absolute Gasteiger partial charge is 0.316 e. The van der Waals surface area contributed by atoms with Gasteiger partial charge in [0.2, 0.25) is 15.9 Å². The van der Waals surface area contributed by atoms with Crippen molar-refractivity contribution in [2.75, 3.05) is 25.0 Å². The summed E-state index contributed by atoms with van der Waals surface area (Å²) in [5.74, 6) is 0.0113. The first-order chi connectivity index (χ1) is 15.7. The highest BCUT2D eigenvalue weighted by molar-refractivity contribution is 7.89. The van der Waals surface area contributed by atoms with Crippen molar-refractivity contribution in [3.8, 4) is 0 Å². The summed E-state index contributed by atoms with van der Waals surface area (Å²) in [7, 11) is -3.80. The Kier molecular flexibility index (Phi) is 8.34. The Balaban J connectivity index is 1.70. The van der Waals surface area contributed by atoms with Gasteiger partial charge < -0.3 is 16.0 Å². The third-order valence-electron chi connectivity index (χ3n) is 5.83. The van der Waals surface area contributed by atoms with E-state index in [2.05, 4.69) is 17.0 Å². The minimum Gasteiger partial charge on any atom is -0.351 e. The number of urea groups is 1. The fourth-order valence-electron chi connectivity index (χ4n) is 3.90. The fraction of sp³-hybridized carbons (Fsp3) is 0.391. The van der Waals surface area contributed by atoms with Crippen molar-refractivity contribution in [1.29, 1.82) is 0 Å². The summed E-state index contributed by atoms with van der Waals surface area (Å²) < 4.78 is 28.0. The quantitative estimate of drug-likeness (QED) is 0.521. The lowest BCUT2D eigenvalue weighted by molar-refractivity contribution is -0.134. The van der Waals surface area contributed by atoms with E-state index in [-0.39, 0.29) is 23.8 Å². The number of nitrogens with two attached hydrogens (primary N) is 1. The second-order valence-corrected chi connectivity index (χ2v) is 10.5. The molecule has 0 aromatic heterocycles. The topological polar surface area (TPSA) is 122 Å². The summed E-state index contributed by atoms with van der Waals surface area (Å²) in [4.78, 5) is 26.2. The number of nitrogens with one attached hydrogen (secondary N) is 2. The standard InChI is InChI=1S/C23H29ClN4O4S/c1-16-11-14-28(15-12-16)22(29)20(19-4-2-3-5-21(19)24)10-13-26-33(31,32)18-8-6-17(7-9-18)27-23(25)30/h2-9,16,20,26H,10-15H2,1H3,(H3,25,27,30). The van der Waals surface area contributed by atoms with Crippen LogP contribution in [0, 0.1) is 5.92 Å². The zero-order valence-corrected chi connectivity index (χ0v) is 20.0. The normalized spacial score (nSPS) is 15.8. The third kappa shape index (κ3) is 6.69. The number of halogens is 1. The maximum Gasteiger partial charge on any atom is 0.316 e. The first kappa shape index (κ1) is 25.0. The van der Waals surface area contributed by atoms with Gasteiger partial charge in [0.25, 0.3) is 0 Å². The summed E-state index contributed by atoms with van der Waals surface area (Å²) in [6.07, 6.45) is 2.18. The van der Waals surface area contributed by atoms with Crippen molar-refractivity contribution in [1.82, 2.24) is 9.62 Å². The second-order valence-electron chi connectivity index (χ2n) is 8.28. The van der Waals surface area contributed by atoms with Gasteiger partial charge in [0, 0.05) is 30.3 Å². The van der Waals surface area contributed by atoms with Crippen molar-refractivity contribution in [3.63, 3.8) is 0 Å². The van der Waals surface area contributed by atoms with E-state index < -0.39 is 22.0 Å². The number of rotatable bonds is 8. The summed E-state index contributed by atoms with van der Waals surface area (Å²) in [6.45, 7) is 3.63. The van der Waals surface area contributed by atoms with E-state index in [0.717, 1.165) is 12.8 Å². The van der Waals surface area contributed by atoms with E-state index >= 15 is 0 Å². The maximum absolute atomic E-state index is 13.4. The molecule has 1 heterocycles. The average Bonchev–Trinajstić information content (AvgIpc) is 2.77. The zero-order chi connectivity index (χ0) is 24.0. The average molecular weight is 493 g/mol. The SMILES string of the molecule is CC1CCN(C(=O)C(CCNS(=O)(=O)c2ccc(NC(N)=O)cc2)c2ccccc2Cl)CC1. The Morgan fingerprint density at radius 3 is 2.36 bits per heavy atom. The molecule has 2 aromatic carbocycles. The summed E-state index contributed by atoms with van der Waals surface area (Å²) in [5.41, 5.74) is 6.15. The van der Waals surface area contributed by atoms with Crippen LogP contribution in [0.4, 0.5) is 10.5 Å². The van der Waals surface area contributed by atoms with E-state index in [0.29, 0.717) is 35.3 Å². The van der Waals surface area contributed by atoms with Crippen LogP contribution in [0.15, 0.2) is 53.4 Å². The van der Waals surface area contributed by atoms with Gasteiger partial charge in [0.15, 0.2) is 0 Å². The van der Waals surface area contributed by atoms with Crippen molar-refractivity contribution < 1.29 is 18.0 Å². The molecule has 1 fully saturated rings. The molecule has 0 radical (unpaired) electrons. The third-order valence-corrected chi connectivity index (χ3v) is 7.65. The van der Waals surface area contributed by atoms with E-state index in [1.807, 2.05) is 17.0 Å². The lowest BCUT2D eigenvalue weighted by Crippen LogP contribution is -2.41. The number of benzene rings is 2. The Bertz CT molecular complexity index is 1080. The van der Waals surface area contributed by atoms with Crippen molar-refractivity contribution in [2.24, 2.45) is 11.7 Å². The van der Waals surface area contributed by atoms with Crippen LogP contribution in [0.1, 0.15) is 37.7 Å². The lowest BCUT2D eigenvalue weighted by Gasteiger charge is -2.33. The molecule has 33 heavy (non-hydrogen) atoms. The number of primary amides is 1. The van der Waals surface area contributed by atoms with E-state index in [9.17, 15) is 18.0 Å². The highest BCUT2D eigenvalue weighted by atomic mass is 35.5. The minimum atomic E-state index is -3.80. The molecule has 0 spiro atoms. The molecule has 0 aliphatic carbocycles. The molecule has 1 aliphatic rings. The molecule has 10 heteroatoms. The van der Waals surface area contributed by atoms with Crippen LogP contribution in [0.2, 0.25) is 5.02 Å². The minimum absolute atomic E-state index is 0.0314. The molecule has 178 valence electrons. The van der Waals surface area contributed by atoms with Crippen LogP contribution in [-0.2, 0) is 14.8 Å². The van der Waals surface area contributed by atoms with Crippen LogP contribution < -0.4 is 15.8 Å². The molecular weight excluding hydrogens is 464 g/mol. The van der Waals surface area contributed by atoms with Crippen molar-refractivity contribution >= 4 is 39.2 Å². The summed E-state index contributed by atoms with van der Waals surface area (Å²) in [6, 6.07) is 12.1. The number of sulfonamides is 1. The largest absolute Gasteiger partial charge is 0.351 e. The molecule has 3 rings (SSSR count). The van der Waals surface area contributed by atoms with Crippen LogP contribution in [0.25, 0.3) is 0 Å². The molecule has 2 aromatic rings. The number of piperidine rings is 1. The molecule has 3 amide bonds. The molecule has 1 aliphatic heterocycles. The van der Waals surface area contributed by atoms with Gasteiger partial charge in [0.05, 0.1) is 10.8 Å². The van der Waals surface area contributed by atoms with Gasteiger partial charge >= 0.3 is 6.03 Å². The monoisotopic (exact) mass is 492 g/mol. The molecular formula is C23H29ClN4O4S. The molecule has 8 nitrogen and oxygen atoms in total. The fourth-order valence-corrected chi connectivity index (χ4v) is 5.21. The summed E-state index contributed by atoms with van der Waals surface area (Å²) in [5, 5.41) is 2.87. The highest BCUT2D eigenvalue weighted by Crippen LogP contribution is 2.30. The number of anilines is 1. The van der Waals surface area contributed by atoms with Gasteiger partial charge in [-0.15, -0.1) is 0 Å². The van der Waals surface area contributed by atoms with Gasteiger partial charge in [-0.05, 0) is 61.1 Å². The molecule has 0 saturated carbocycles. The Labute approximate surface area is 199 Å². The molecule has 4 N–H and O–H groups in total. The Morgan fingerprint density at radius 2 is 1.76 bits per heavy atom. The van der Waals surface area contributed by atoms with E-state index in [1.165, 1.54) is 24.3 Å². The maximum atomic E-state index is 13.4. The number of hydrogen-bond acceptors (Lipinski definition) is 4. The number of hydrogen-bond donors (Lipinski definition) is 3. The van der Waals surface area contributed by atoms with Gasteiger partial charge in [-0.1, -0.05) is 36.7 Å². The van der Waals surface area contributed by atoms with E-state index in [1.54, 1.807) is 12.1 Å². The number of nitrogens with zero attached hydrogens (tertiary/aromatic N) is 1. The Hall–Kier alpha value is -2.62. The number of carbonyl (C=O) groups is 2. The highest BCUT2D eigenvalue weighted by Gasteiger charge is 2.29. The molecule has 0 bridgehead atoms. The predicted octanol–water partition coefficient (Wildman–Crippen LogP) is 3.54.